The fourth-order valence-corrected chi connectivity index (χ4v) is 1.48. The van der Waals surface area contributed by atoms with E-state index in [1.54, 1.807) is 0 Å². The van der Waals surface area contributed by atoms with Crippen LogP contribution in [0.3, 0.4) is 0 Å². The molecule has 1 atom stereocenters. The van der Waals surface area contributed by atoms with E-state index in [0.717, 1.165) is 6.20 Å². The lowest BCUT2D eigenvalue weighted by Crippen LogP contribution is -2.28. The van der Waals surface area contributed by atoms with Gasteiger partial charge in [-0.15, -0.1) is 0 Å². The Balaban J connectivity index is 2.23. The number of hydrogen-bond acceptors (Lipinski definition) is 3. The maximum Gasteiger partial charge on any atom is 0.229 e. The van der Waals surface area contributed by atoms with Crippen LogP contribution in [0.2, 0.25) is 0 Å². The van der Waals surface area contributed by atoms with Crippen LogP contribution in [0, 0.1) is 5.82 Å². The van der Waals surface area contributed by atoms with Crippen LogP contribution in [0.4, 0.5) is 10.2 Å². The van der Waals surface area contributed by atoms with Crippen LogP contribution in [-0.2, 0) is 4.79 Å². The number of carbonyl (C=O) groups excluding carboxylic acids is 1. The van der Waals surface area contributed by atoms with E-state index in [9.17, 15) is 9.18 Å². The molecular weight excluding hydrogens is 185 g/mol. The highest BCUT2D eigenvalue weighted by Crippen LogP contribution is 2.17. The van der Waals surface area contributed by atoms with E-state index in [1.165, 1.54) is 17.0 Å². The molecule has 1 aliphatic heterocycles. The molecule has 14 heavy (non-hydrogen) atoms. The highest BCUT2D eigenvalue weighted by molar-refractivity contribution is 5.95. The van der Waals surface area contributed by atoms with Crippen molar-refractivity contribution in [3.8, 4) is 0 Å². The summed E-state index contributed by atoms with van der Waals surface area (Å²) in [5.41, 5.74) is 5.62. The first-order valence-electron chi connectivity index (χ1n) is 4.34. The van der Waals surface area contributed by atoms with Gasteiger partial charge in [-0.2, -0.15) is 0 Å². The molecule has 1 amide bonds. The van der Waals surface area contributed by atoms with E-state index in [-0.39, 0.29) is 11.9 Å². The molecule has 0 aromatic carbocycles. The van der Waals surface area contributed by atoms with Gasteiger partial charge in [-0.25, -0.2) is 9.37 Å². The number of aromatic nitrogens is 1. The molecule has 1 aromatic rings. The molecule has 0 saturated carbocycles. The number of nitrogens with two attached hydrogens (primary N) is 1. The third-order valence-electron chi connectivity index (χ3n) is 2.14. The first-order valence-corrected chi connectivity index (χ1v) is 4.34. The first-order chi connectivity index (χ1) is 6.66. The Bertz CT molecular complexity index is 352. The summed E-state index contributed by atoms with van der Waals surface area (Å²) in [5, 5.41) is 0. The maximum atomic E-state index is 12.6. The van der Waals surface area contributed by atoms with Gasteiger partial charge in [0.1, 0.15) is 11.6 Å². The van der Waals surface area contributed by atoms with Crippen molar-refractivity contribution in [2.24, 2.45) is 5.73 Å². The molecular formula is C9H10FN3O. The number of hydrogen-bond donors (Lipinski definition) is 1. The summed E-state index contributed by atoms with van der Waals surface area (Å²) >= 11 is 0. The predicted octanol–water partition coefficient (Wildman–Crippen LogP) is 0.285. The fourth-order valence-electron chi connectivity index (χ4n) is 1.48. The zero-order valence-electron chi connectivity index (χ0n) is 7.48. The molecule has 2 rings (SSSR count). The van der Waals surface area contributed by atoms with Gasteiger partial charge < -0.3 is 5.73 Å². The lowest BCUT2D eigenvalue weighted by Gasteiger charge is -2.13. The van der Waals surface area contributed by atoms with Crippen molar-refractivity contribution < 1.29 is 9.18 Å². The van der Waals surface area contributed by atoms with Gasteiger partial charge in [-0.1, -0.05) is 0 Å². The molecule has 74 valence electrons. The summed E-state index contributed by atoms with van der Waals surface area (Å²) in [5.74, 6) is -0.00866. The van der Waals surface area contributed by atoms with Crippen molar-refractivity contribution >= 4 is 11.7 Å². The van der Waals surface area contributed by atoms with Crippen LogP contribution in [-0.4, -0.2) is 23.5 Å². The van der Waals surface area contributed by atoms with Crippen LogP contribution in [0.25, 0.3) is 0 Å². The number of nitrogens with zero attached hydrogens (tertiary/aromatic N) is 2. The van der Waals surface area contributed by atoms with Crippen molar-refractivity contribution in [1.29, 1.82) is 0 Å². The van der Waals surface area contributed by atoms with Crippen molar-refractivity contribution in [2.75, 3.05) is 11.4 Å². The maximum absolute atomic E-state index is 12.6. The Morgan fingerprint density at radius 1 is 1.57 bits per heavy atom. The summed E-state index contributed by atoms with van der Waals surface area (Å²) in [7, 11) is 0. The zero-order chi connectivity index (χ0) is 10.1. The minimum atomic E-state index is -0.412. The van der Waals surface area contributed by atoms with Gasteiger partial charge in [-0.3, -0.25) is 9.69 Å². The molecule has 0 aliphatic carbocycles. The van der Waals surface area contributed by atoms with Gasteiger partial charge >= 0.3 is 0 Å². The molecule has 1 aliphatic rings. The molecule has 2 heterocycles. The first kappa shape index (κ1) is 9.08. The van der Waals surface area contributed by atoms with Crippen LogP contribution >= 0.6 is 0 Å². The molecule has 2 N–H and O–H groups in total. The van der Waals surface area contributed by atoms with Crippen molar-refractivity contribution in [3.05, 3.63) is 24.1 Å². The summed E-state index contributed by atoms with van der Waals surface area (Å²) < 4.78 is 12.6. The van der Waals surface area contributed by atoms with E-state index in [0.29, 0.717) is 18.8 Å². The molecule has 0 radical (unpaired) electrons. The zero-order valence-corrected chi connectivity index (χ0v) is 7.48. The second-order valence-corrected chi connectivity index (χ2v) is 3.30. The second-order valence-electron chi connectivity index (χ2n) is 3.30. The molecule has 5 heteroatoms. The molecule has 0 bridgehead atoms. The molecule has 1 unspecified atom stereocenters. The third kappa shape index (κ3) is 1.58. The topological polar surface area (TPSA) is 59.2 Å². The summed E-state index contributed by atoms with van der Waals surface area (Å²) in [4.78, 5) is 16.7. The van der Waals surface area contributed by atoms with Crippen molar-refractivity contribution in [2.45, 2.75) is 12.5 Å². The minimum Gasteiger partial charge on any atom is -0.326 e. The average molecular weight is 195 g/mol. The minimum absolute atomic E-state index is 0.0587. The fraction of sp³-hybridized carbons (Fsp3) is 0.333. The largest absolute Gasteiger partial charge is 0.326 e. The third-order valence-corrected chi connectivity index (χ3v) is 2.14. The van der Waals surface area contributed by atoms with Crippen LogP contribution < -0.4 is 10.6 Å². The molecule has 4 nitrogen and oxygen atoms in total. The van der Waals surface area contributed by atoms with E-state index in [4.69, 9.17) is 5.73 Å². The lowest BCUT2D eigenvalue weighted by molar-refractivity contribution is -0.117. The Hall–Kier alpha value is -1.49. The van der Waals surface area contributed by atoms with Gasteiger partial charge in [-0.05, 0) is 12.1 Å². The molecule has 1 aromatic heterocycles. The average Bonchev–Trinajstić information content (AvgIpc) is 2.47. The van der Waals surface area contributed by atoms with Crippen LogP contribution in [0.15, 0.2) is 18.3 Å². The van der Waals surface area contributed by atoms with Crippen LogP contribution in [0.5, 0.6) is 0 Å². The van der Waals surface area contributed by atoms with E-state index in [1.807, 2.05) is 0 Å². The Labute approximate surface area is 80.5 Å². The van der Waals surface area contributed by atoms with E-state index >= 15 is 0 Å². The van der Waals surface area contributed by atoms with Gasteiger partial charge in [0.25, 0.3) is 0 Å². The van der Waals surface area contributed by atoms with E-state index in [2.05, 4.69) is 4.98 Å². The lowest BCUT2D eigenvalue weighted by atomic mass is 10.3. The van der Waals surface area contributed by atoms with Gasteiger partial charge in [0.05, 0.1) is 6.20 Å². The van der Waals surface area contributed by atoms with Gasteiger partial charge in [0, 0.05) is 19.0 Å². The van der Waals surface area contributed by atoms with E-state index < -0.39 is 5.82 Å². The van der Waals surface area contributed by atoms with Crippen molar-refractivity contribution in [3.63, 3.8) is 0 Å². The summed E-state index contributed by atoms with van der Waals surface area (Å²) in [6.07, 6.45) is 1.42. The van der Waals surface area contributed by atoms with Crippen molar-refractivity contribution in [1.82, 2.24) is 4.98 Å². The second kappa shape index (κ2) is 3.34. The Morgan fingerprint density at radius 3 is 2.86 bits per heavy atom. The van der Waals surface area contributed by atoms with Gasteiger partial charge in [0.2, 0.25) is 5.91 Å². The number of carbonyl (C=O) groups is 1. The number of halogens is 1. The summed E-state index contributed by atoms with van der Waals surface area (Å²) in [6.45, 7) is 0.456. The monoisotopic (exact) mass is 195 g/mol. The quantitative estimate of drug-likeness (QED) is 0.700. The molecule has 1 saturated heterocycles. The standard InChI is InChI=1S/C9H10FN3O/c10-6-1-2-8(12-4-6)13-5-7(11)3-9(13)14/h1-2,4,7H,3,5,11H2. The number of pyridine rings is 1. The smallest absolute Gasteiger partial charge is 0.229 e. The normalized spacial score (nSPS) is 21.7. The SMILES string of the molecule is NC1CC(=O)N(c2ccc(F)cn2)C1. The Morgan fingerprint density at radius 2 is 2.36 bits per heavy atom. The number of anilines is 1. The molecule has 0 spiro atoms. The highest BCUT2D eigenvalue weighted by Gasteiger charge is 2.28. The van der Waals surface area contributed by atoms with Gasteiger partial charge in [0.15, 0.2) is 0 Å². The predicted molar refractivity (Wildman–Crippen MR) is 49.1 cm³/mol. The summed E-state index contributed by atoms with van der Waals surface area (Å²) in [6, 6.07) is 2.61. The highest BCUT2D eigenvalue weighted by atomic mass is 19.1. The molecule has 1 fully saturated rings. The number of amides is 1. The number of rotatable bonds is 1. The Kier molecular flexibility index (Phi) is 2.17. The van der Waals surface area contributed by atoms with Crippen LogP contribution in [0.1, 0.15) is 6.42 Å².